The SMILES string of the molecule is CC1CCCC(N)(Cc2ccc(OC(F)(F)F)cc2)C1. The predicted molar refractivity (Wildman–Crippen MR) is 71.4 cm³/mol. The molecule has 112 valence electrons. The second-order valence-corrected chi connectivity index (χ2v) is 5.93. The highest BCUT2D eigenvalue weighted by atomic mass is 19.4. The lowest BCUT2D eigenvalue weighted by Gasteiger charge is -2.37. The van der Waals surface area contributed by atoms with Gasteiger partial charge in [0, 0.05) is 5.54 Å². The van der Waals surface area contributed by atoms with E-state index < -0.39 is 6.36 Å². The van der Waals surface area contributed by atoms with E-state index in [1.807, 2.05) is 0 Å². The van der Waals surface area contributed by atoms with Crippen molar-refractivity contribution in [2.45, 2.75) is 50.9 Å². The fourth-order valence-electron chi connectivity index (χ4n) is 3.08. The number of rotatable bonds is 3. The third-order valence-electron chi connectivity index (χ3n) is 3.84. The molecule has 1 aromatic carbocycles. The Morgan fingerprint density at radius 1 is 1.30 bits per heavy atom. The normalized spacial score (nSPS) is 27.4. The molecule has 5 heteroatoms. The number of ether oxygens (including phenoxy) is 1. The van der Waals surface area contributed by atoms with Gasteiger partial charge in [-0.2, -0.15) is 0 Å². The Bertz CT molecular complexity index is 443. The fourth-order valence-corrected chi connectivity index (χ4v) is 3.08. The maximum Gasteiger partial charge on any atom is 0.573 e. The molecule has 1 aromatic rings. The first kappa shape index (κ1) is 15.2. The molecule has 2 atom stereocenters. The molecule has 0 amide bonds. The molecule has 0 bridgehead atoms. The van der Waals surface area contributed by atoms with Gasteiger partial charge in [-0.05, 0) is 42.9 Å². The standard InChI is InChI=1S/C15H20F3NO/c1-11-3-2-8-14(19,9-11)10-12-4-6-13(7-5-12)20-15(16,17)18/h4-7,11H,2-3,8-10,19H2,1H3. The van der Waals surface area contributed by atoms with Crippen molar-refractivity contribution >= 4 is 0 Å². The van der Waals surface area contributed by atoms with Gasteiger partial charge in [-0.3, -0.25) is 0 Å². The molecular formula is C15H20F3NO. The second kappa shape index (κ2) is 5.64. The maximum atomic E-state index is 12.1. The fraction of sp³-hybridized carbons (Fsp3) is 0.600. The molecular weight excluding hydrogens is 267 g/mol. The highest BCUT2D eigenvalue weighted by Gasteiger charge is 2.32. The third kappa shape index (κ3) is 4.40. The van der Waals surface area contributed by atoms with Crippen LogP contribution in [0.15, 0.2) is 24.3 Å². The molecule has 2 N–H and O–H groups in total. The van der Waals surface area contributed by atoms with Crippen molar-refractivity contribution in [1.29, 1.82) is 0 Å². The van der Waals surface area contributed by atoms with Crippen molar-refractivity contribution in [3.8, 4) is 5.75 Å². The largest absolute Gasteiger partial charge is 0.573 e. The summed E-state index contributed by atoms with van der Waals surface area (Å²) in [4.78, 5) is 0. The lowest BCUT2D eigenvalue weighted by molar-refractivity contribution is -0.274. The smallest absolute Gasteiger partial charge is 0.406 e. The Balaban J connectivity index is 2.00. The summed E-state index contributed by atoms with van der Waals surface area (Å²) in [5, 5.41) is 0. The summed E-state index contributed by atoms with van der Waals surface area (Å²) in [6, 6.07) is 6.01. The summed E-state index contributed by atoms with van der Waals surface area (Å²) in [5.41, 5.74) is 7.13. The number of alkyl halides is 3. The monoisotopic (exact) mass is 287 g/mol. The second-order valence-electron chi connectivity index (χ2n) is 5.93. The number of benzene rings is 1. The van der Waals surface area contributed by atoms with E-state index >= 15 is 0 Å². The molecule has 0 aromatic heterocycles. The Kier molecular flexibility index (Phi) is 4.28. The van der Waals surface area contributed by atoms with Crippen molar-refractivity contribution in [3.63, 3.8) is 0 Å². The van der Waals surface area contributed by atoms with Gasteiger partial charge in [0.25, 0.3) is 0 Å². The van der Waals surface area contributed by atoms with Gasteiger partial charge in [-0.25, -0.2) is 0 Å². The first-order chi connectivity index (χ1) is 9.26. The van der Waals surface area contributed by atoms with Crippen molar-refractivity contribution in [1.82, 2.24) is 0 Å². The molecule has 1 fully saturated rings. The van der Waals surface area contributed by atoms with Crippen LogP contribution in [0.5, 0.6) is 5.75 Å². The van der Waals surface area contributed by atoms with Crippen molar-refractivity contribution in [2.24, 2.45) is 11.7 Å². The summed E-state index contributed by atoms with van der Waals surface area (Å²) < 4.78 is 40.1. The summed E-state index contributed by atoms with van der Waals surface area (Å²) in [6.07, 6.45) is 0.315. The Labute approximate surface area is 117 Å². The Morgan fingerprint density at radius 2 is 1.95 bits per heavy atom. The van der Waals surface area contributed by atoms with Crippen molar-refractivity contribution in [2.75, 3.05) is 0 Å². The Hall–Kier alpha value is -1.23. The van der Waals surface area contributed by atoms with Gasteiger partial charge in [0.1, 0.15) is 5.75 Å². The van der Waals surface area contributed by atoms with Gasteiger partial charge in [-0.15, -0.1) is 13.2 Å². The highest BCUT2D eigenvalue weighted by molar-refractivity contribution is 5.28. The first-order valence-electron chi connectivity index (χ1n) is 6.89. The van der Waals surface area contributed by atoms with Crippen LogP contribution in [-0.4, -0.2) is 11.9 Å². The summed E-state index contributed by atoms with van der Waals surface area (Å²) in [5.74, 6) is 0.422. The van der Waals surface area contributed by atoms with Crippen molar-refractivity contribution < 1.29 is 17.9 Å². The van der Waals surface area contributed by atoms with Gasteiger partial charge >= 0.3 is 6.36 Å². The van der Waals surface area contributed by atoms with Crippen LogP contribution in [0.1, 0.15) is 38.2 Å². The first-order valence-corrected chi connectivity index (χ1v) is 6.89. The van der Waals surface area contributed by atoms with E-state index in [0.29, 0.717) is 12.3 Å². The van der Waals surface area contributed by atoms with Crippen LogP contribution >= 0.6 is 0 Å². The number of halogens is 3. The van der Waals surface area contributed by atoms with Crippen LogP contribution in [0.3, 0.4) is 0 Å². The van der Waals surface area contributed by atoms with E-state index in [9.17, 15) is 13.2 Å². The molecule has 0 saturated heterocycles. The molecule has 2 unspecified atom stereocenters. The van der Waals surface area contributed by atoms with Crippen LogP contribution in [0.25, 0.3) is 0 Å². The van der Waals surface area contributed by atoms with E-state index in [0.717, 1.165) is 24.8 Å². The van der Waals surface area contributed by atoms with Crippen LogP contribution in [-0.2, 0) is 6.42 Å². The number of hydrogen-bond acceptors (Lipinski definition) is 2. The van der Waals surface area contributed by atoms with Crippen LogP contribution in [0.2, 0.25) is 0 Å². The zero-order valence-electron chi connectivity index (χ0n) is 11.5. The maximum absolute atomic E-state index is 12.1. The van der Waals surface area contributed by atoms with Crippen LogP contribution in [0.4, 0.5) is 13.2 Å². The van der Waals surface area contributed by atoms with Gasteiger partial charge in [0.2, 0.25) is 0 Å². The van der Waals surface area contributed by atoms with Crippen LogP contribution in [0, 0.1) is 5.92 Å². The van der Waals surface area contributed by atoms with Gasteiger partial charge in [-0.1, -0.05) is 31.9 Å². The molecule has 20 heavy (non-hydrogen) atoms. The van der Waals surface area contributed by atoms with Gasteiger partial charge in [0.15, 0.2) is 0 Å². The Morgan fingerprint density at radius 3 is 2.50 bits per heavy atom. The molecule has 2 rings (SSSR count). The predicted octanol–water partition coefficient (Wildman–Crippen LogP) is 4.04. The van der Waals surface area contributed by atoms with Crippen molar-refractivity contribution in [3.05, 3.63) is 29.8 Å². The topological polar surface area (TPSA) is 35.2 Å². The van der Waals surface area contributed by atoms with Crippen LogP contribution < -0.4 is 10.5 Å². The molecule has 0 spiro atoms. The highest BCUT2D eigenvalue weighted by Crippen LogP contribution is 2.33. The average Bonchev–Trinajstić information content (AvgIpc) is 2.29. The zero-order valence-corrected chi connectivity index (χ0v) is 11.5. The average molecular weight is 287 g/mol. The minimum Gasteiger partial charge on any atom is -0.406 e. The zero-order chi connectivity index (χ0) is 14.8. The molecule has 1 aliphatic rings. The van der Waals surface area contributed by atoms with E-state index in [2.05, 4.69) is 11.7 Å². The molecule has 0 heterocycles. The summed E-state index contributed by atoms with van der Waals surface area (Å²) in [6.45, 7) is 2.20. The number of nitrogens with two attached hydrogens (primary N) is 1. The third-order valence-corrected chi connectivity index (χ3v) is 3.84. The minimum absolute atomic E-state index is 0.190. The van der Waals surface area contributed by atoms with E-state index in [-0.39, 0.29) is 11.3 Å². The van der Waals surface area contributed by atoms with Gasteiger partial charge in [0.05, 0.1) is 0 Å². The quantitative estimate of drug-likeness (QED) is 0.910. The number of hydrogen-bond donors (Lipinski definition) is 1. The lowest BCUT2D eigenvalue weighted by atomic mass is 9.74. The van der Waals surface area contributed by atoms with E-state index in [1.54, 1.807) is 12.1 Å². The molecule has 1 aliphatic carbocycles. The molecule has 2 nitrogen and oxygen atoms in total. The van der Waals surface area contributed by atoms with Gasteiger partial charge < -0.3 is 10.5 Å². The molecule has 0 radical (unpaired) electrons. The summed E-state index contributed by atoms with van der Waals surface area (Å²) in [7, 11) is 0. The van der Waals surface area contributed by atoms with E-state index in [4.69, 9.17) is 5.73 Å². The molecule has 1 saturated carbocycles. The molecule has 0 aliphatic heterocycles. The summed E-state index contributed by atoms with van der Waals surface area (Å²) >= 11 is 0. The minimum atomic E-state index is -4.64. The lowest BCUT2D eigenvalue weighted by Crippen LogP contribution is -2.45. The van der Waals surface area contributed by atoms with E-state index in [1.165, 1.54) is 18.6 Å².